The SMILES string of the molecule is O=C(Cc1ccc(Oc2ccc(C(F)(F)F)cn2)cc1)Nc1ccnc(Cl)c1. The molecule has 0 unspecified atom stereocenters. The van der Waals surface area contributed by atoms with Crippen LogP contribution in [0.5, 0.6) is 11.6 Å². The molecule has 144 valence electrons. The van der Waals surface area contributed by atoms with E-state index in [0.717, 1.165) is 17.7 Å². The molecule has 1 N–H and O–H groups in total. The number of benzene rings is 1. The molecule has 0 saturated carbocycles. The van der Waals surface area contributed by atoms with Crippen LogP contribution in [0.3, 0.4) is 0 Å². The number of alkyl halides is 3. The van der Waals surface area contributed by atoms with Crippen molar-refractivity contribution in [3.05, 3.63) is 77.2 Å². The molecule has 0 fully saturated rings. The first-order chi connectivity index (χ1) is 13.3. The standard InChI is InChI=1S/C19H13ClF3N3O2/c20-16-10-14(7-8-24-16)26-17(27)9-12-1-4-15(5-2-12)28-18-6-3-13(11-25-18)19(21,22)23/h1-8,10-11H,9H2,(H,24,26,27). The highest BCUT2D eigenvalue weighted by atomic mass is 35.5. The van der Waals surface area contributed by atoms with E-state index in [9.17, 15) is 18.0 Å². The fourth-order valence-corrected chi connectivity index (χ4v) is 2.45. The van der Waals surface area contributed by atoms with Crippen molar-refractivity contribution in [2.24, 2.45) is 0 Å². The first-order valence-corrected chi connectivity index (χ1v) is 8.39. The molecule has 0 atom stereocenters. The minimum absolute atomic E-state index is 0.0352. The summed E-state index contributed by atoms with van der Waals surface area (Å²) in [5, 5.41) is 2.98. The van der Waals surface area contributed by atoms with Crippen LogP contribution in [0, 0.1) is 0 Å². The van der Waals surface area contributed by atoms with E-state index in [4.69, 9.17) is 16.3 Å². The van der Waals surface area contributed by atoms with Crippen molar-refractivity contribution >= 4 is 23.2 Å². The van der Waals surface area contributed by atoms with Crippen molar-refractivity contribution in [3.63, 3.8) is 0 Å². The van der Waals surface area contributed by atoms with Gasteiger partial charge in [0.2, 0.25) is 11.8 Å². The maximum atomic E-state index is 12.5. The average molecular weight is 408 g/mol. The molecule has 0 aliphatic heterocycles. The van der Waals surface area contributed by atoms with E-state index in [1.165, 1.54) is 12.3 Å². The van der Waals surface area contributed by atoms with Gasteiger partial charge in [0.25, 0.3) is 0 Å². The number of aromatic nitrogens is 2. The summed E-state index contributed by atoms with van der Waals surface area (Å²) in [6.07, 6.45) is -2.13. The van der Waals surface area contributed by atoms with Crippen LogP contribution in [-0.4, -0.2) is 15.9 Å². The van der Waals surface area contributed by atoms with Crippen molar-refractivity contribution in [2.75, 3.05) is 5.32 Å². The molecule has 0 aliphatic carbocycles. The number of anilines is 1. The van der Waals surface area contributed by atoms with Crippen LogP contribution in [0.1, 0.15) is 11.1 Å². The summed E-state index contributed by atoms with van der Waals surface area (Å²) in [7, 11) is 0. The number of ether oxygens (including phenoxy) is 1. The smallest absolute Gasteiger partial charge is 0.417 e. The molecule has 0 aliphatic rings. The first kappa shape index (κ1) is 19.6. The molecule has 0 radical (unpaired) electrons. The van der Waals surface area contributed by atoms with Gasteiger partial charge in [-0.25, -0.2) is 9.97 Å². The van der Waals surface area contributed by atoms with Gasteiger partial charge in [-0.2, -0.15) is 13.2 Å². The van der Waals surface area contributed by atoms with Gasteiger partial charge < -0.3 is 10.1 Å². The predicted octanol–water partition coefficient (Wildman–Crippen LogP) is 5.12. The Labute approximate surface area is 163 Å². The van der Waals surface area contributed by atoms with Crippen molar-refractivity contribution < 1.29 is 22.7 Å². The molecule has 1 amide bonds. The van der Waals surface area contributed by atoms with E-state index < -0.39 is 11.7 Å². The third-order valence-corrected chi connectivity index (χ3v) is 3.79. The van der Waals surface area contributed by atoms with Gasteiger partial charge in [-0.05, 0) is 35.9 Å². The lowest BCUT2D eigenvalue weighted by Gasteiger charge is -2.09. The van der Waals surface area contributed by atoms with Gasteiger partial charge in [0, 0.05) is 24.1 Å². The lowest BCUT2D eigenvalue weighted by molar-refractivity contribution is -0.137. The van der Waals surface area contributed by atoms with E-state index >= 15 is 0 Å². The summed E-state index contributed by atoms with van der Waals surface area (Å²) in [6, 6.07) is 11.8. The number of halogens is 4. The second-order valence-corrected chi connectivity index (χ2v) is 6.11. The summed E-state index contributed by atoms with van der Waals surface area (Å²) in [4.78, 5) is 19.5. The van der Waals surface area contributed by atoms with Gasteiger partial charge >= 0.3 is 6.18 Å². The average Bonchev–Trinajstić information content (AvgIpc) is 2.63. The molecule has 3 aromatic rings. The maximum absolute atomic E-state index is 12.5. The Morgan fingerprint density at radius 3 is 2.43 bits per heavy atom. The van der Waals surface area contributed by atoms with Gasteiger partial charge in [0.15, 0.2) is 0 Å². The molecule has 0 spiro atoms. The van der Waals surface area contributed by atoms with E-state index in [1.54, 1.807) is 30.3 Å². The first-order valence-electron chi connectivity index (χ1n) is 8.01. The highest BCUT2D eigenvalue weighted by molar-refractivity contribution is 6.29. The number of carbonyl (C=O) groups excluding carboxylic acids is 1. The Morgan fingerprint density at radius 1 is 1.07 bits per heavy atom. The molecule has 3 rings (SSSR count). The molecular weight excluding hydrogens is 395 g/mol. The van der Waals surface area contributed by atoms with E-state index in [-0.39, 0.29) is 23.4 Å². The minimum atomic E-state index is -4.45. The molecule has 0 saturated heterocycles. The van der Waals surface area contributed by atoms with Crippen LogP contribution in [0.2, 0.25) is 5.15 Å². The molecule has 0 bridgehead atoms. The van der Waals surface area contributed by atoms with Gasteiger partial charge in [-0.3, -0.25) is 4.79 Å². The van der Waals surface area contributed by atoms with Gasteiger partial charge in [-0.1, -0.05) is 23.7 Å². The largest absolute Gasteiger partial charge is 0.439 e. The zero-order valence-corrected chi connectivity index (χ0v) is 15.0. The van der Waals surface area contributed by atoms with Gasteiger partial charge in [-0.15, -0.1) is 0 Å². The Hall–Kier alpha value is -3.13. The quantitative estimate of drug-likeness (QED) is 0.596. The van der Waals surface area contributed by atoms with E-state index in [0.29, 0.717) is 17.6 Å². The van der Waals surface area contributed by atoms with Gasteiger partial charge in [0.1, 0.15) is 10.9 Å². The molecule has 9 heteroatoms. The predicted molar refractivity (Wildman–Crippen MR) is 97.3 cm³/mol. The molecule has 28 heavy (non-hydrogen) atoms. The van der Waals surface area contributed by atoms with Crippen LogP contribution in [0.25, 0.3) is 0 Å². The summed E-state index contributed by atoms with van der Waals surface area (Å²) < 4.78 is 43.0. The zero-order valence-electron chi connectivity index (χ0n) is 14.2. The highest BCUT2D eigenvalue weighted by Gasteiger charge is 2.30. The summed E-state index contributed by atoms with van der Waals surface area (Å²) >= 11 is 5.77. The minimum Gasteiger partial charge on any atom is -0.439 e. The van der Waals surface area contributed by atoms with Crippen molar-refractivity contribution in [2.45, 2.75) is 12.6 Å². The van der Waals surface area contributed by atoms with Crippen LogP contribution in [0.4, 0.5) is 18.9 Å². The highest BCUT2D eigenvalue weighted by Crippen LogP contribution is 2.30. The summed E-state index contributed by atoms with van der Waals surface area (Å²) in [5.74, 6) is 0.186. The Morgan fingerprint density at radius 2 is 1.82 bits per heavy atom. The van der Waals surface area contributed by atoms with Crippen LogP contribution in [0.15, 0.2) is 60.9 Å². The third-order valence-electron chi connectivity index (χ3n) is 3.58. The normalized spacial score (nSPS) is 11.1. The number of hydrogen-bond donors (Lipinski definition) is 1. The summed E-state index contributed by atoms with van der Waals surface area (Å²) in [5.41, 5.74) is 0.417. The second-order valence-electron chi connectivity index (χ2n) is 5.72. The number of pyridine rings is 2. The second kappa shape index (κ2) is 8.26. The van der Waals surface area contributed by atoms with Gasteiger partial charge in [0.05, 0.1) is 12.0 Å². The Kier molecular flexibility index (Phi) is 5.79. The molecular formula is C19H13ClF3N3O2. The van der Waals surface area contributed by atoms with Crippen molar-refractivity contribution in [1.29, 1.82) is 0 Å². The third kappa shape index (κ3) is 5.43. The Bertz CT molecular complexity index is 961. The van der Waals surface area contributed by atoms with Crippen molar-refractivity contribution in [3.8, 4) is 11.6 Å². The van der Waals surface area contributed by atoms with Crippen LogP contribution in [-0.2, 0) is 17.4 Å². The molecule has 2 heterocycles. The van der Waals surface area contributed by atoms with E-state index in [2.05, 4.69) is 15.3 Å². The zero-order chi connectivity index (χ0) is 20.1. The molecule has 1 aromatic carbocycles. The molecule has 2 aromatic heterocycles. The number of carbonyl (C=O) groups is 1. The van der Waals surface area contributed by atoms with E-state index in [1.807, 2.05) is 0 Å². The van der Waals surface area contributed by atoms with Crippen LogP contribution < -0.4 is 10.1 Å². The topological polar surface area (TPSA) is 64.1 Å². The fourth-order valence-electron chi connectivity index (χ4n) is 2.28. The summed E-state index contributed by atoms with van der Waals surface area (Å²) in [6.45, 7) is 0. The monoisotopic (exact) mass is 407 g/mol. The lowest BCUT2D eigenvalue weighted by Crippen LogP contribution is -2.14. The Balaban J connectivity index is 1.58. The number of hydrogen-bond acceptors (Lipinski definition) is 4. The maximum Gasteiger partial charge on any atom is 0.417 e. The van der Waals surface area contributed by atoms with Crippen molar-refractivity contribution in [1.82, 2.24) is 9.97 Å². The number of nitrogens with zero attached hydrogens (tertiary/aromatic N) is 2. The number of nitrogens with one attached hydrogen (secondary N) is 1. The van der Waals surface area contributed by atoms with Crippen LogP contribution >= 0.6 is 11.6 Å². The molecule has 5 nitrogen and oxygen atoms in total. The fraction of sp³-hybridized carbons (Fsp3) is 0.105. The number of amides is 1. The number of rotatable bonds is 5. The lowest BCUT2D eigenvalue weighted by atomic mass is 10.1.